The molecule has 0 spiro atoms. The average Bonchev–Trinajstić information content (AvgIpc) is 2.75. The highest BCUT2D eigenvalue weighted by Gasteiger charge is 2.27. The number of phenolic OH excluding ortho intramolecular Hbond substituents is 1. The zero-order valence-corrected chi connectivity index (χ0v) is 15.1. The summed E-state index contributed by atoms with van der Waals surface area (Å²) in [6.07, 6.45) is 3.35. The van der Waals surface area contributed by atoms with Gasteiger partial charge in [-0.15, -0.1) is 0 Å². The van der Waals surface area contributed by atoms with E-state index < -0.39 is 11.8 Å². The molecule has 0 saturated carbocycles. The van der Waals surface area contributed by atoms with Crippen molar-refractivity contribution in [2.24, 2.45) is 0 Å². The normalized spacial score (nSPS) is 14.1. The van der Waals surface area contributed by atoms with Crippen LogP contribution in [0.4, 0.5) is 11.6 Å². The maximum Gasteiger partial charge on any atom is 0.313 e. The predicted molar refractivity (Wildman–Crippen MR) is 105 cm³/mol. The number of aromatic nitrogens is 2. The Kier molecular flexibility index (Phi) is 4.76. The zero-order chi connectivity index (χ0) is 19.5. The highest BCUT2D eigenvalue weighted by atomic mass is 16.3. The van der Waals surface area contributed by atoms with Crippen LogP contribution in [0.3, 0.4) is 0 Å². The van der Waals surface area contributed by atoms with Crippen molar-refractivity contribution >= 4 is 34.2 Å². The van der Waals surface area contributed by atoms with Crippen LogP contribution in [0.25, 0.3) is 10.8 Å². The average molecular weight is 377 g/mol. The number of fused-ring (bicyclic) bond motifs is 1. The summed E-state index contributed by atoms with van der Waals surface area (Å²) in [7, 11) is 0. The summed E-state index contributed by atoms with van der Waals surface area (Å²) < 4.78 is 0. The van der Waals surface area contributed by atoms with Crippen LogP contribution in [0.2, 0.25) is 0 Å². The Bertz CT molecular complexity index is 1020. The zero-order valence-electron chi connectivity index (χ0n) is 15.1. The maximum atomic E-state index is 12.6. The van der Waals surface area contributed by atoms with Crippen LogP contribution < -0.4 is 10.2 Å². The van der Waals surface area contributed by atoms with E-state index in [2.05, 4.69) is 15.3 Å². The molecule has 2 N–H and O–H groups in total. The number of anilines is 2. The molecule has 1 aliphatic rings. The van der Waals surface area contributed by atoms with E-state index in [1.165, 1.54) is 4.90 Å². The van der Waals surface area contributed by atoms with E-state index in [1.807, 2.05) is 4.90 Å². The maximum absolute atomic E-state index is 12.6. The topological polar surface area (TPSA) is 98.7 Å². The Balaban J connectivity index is 1.42. The number of benzene rings is 2. The number of hydrogen-bond donors (Lipinski definition) is 2. The van der Waals surface area contributed by atoms with E-state index in [-0.39, 0.29) is 5.75 Å². The first-order valence-electron chi connectivity index (χ1n) is 8.96. The van der Waals surface area contributed by atoms with Gasteiger partial charge in [0.15, 0.2) is 0 Å². The minimum atomic E-state index is -0.694. The number of piperazine rings is 1. The van der Waals surface area contributed by atoms with E-state index in [9.17, 15) is 14.7 Å². The molecule has 1 aliphatic heterocycles. The van der Waals surface area contributed by atoms with Crippen LogP contribution in [0.5, 0.6) is 5.75 Å². The largest absolute Gasteiger partial charge is 0.507 e. The smallest absolute Gasteiger partial charge is 0.313 e. The summed E-state index contributed by atoms with van der Waals surface area (Å²) in [5.74, 6) is -0.528. The lowest BCUT2D eigenvalue weighted by atomic mass is 10.1. The Labute approximate surface area is 161 Å². The second-order valence-electron chi connectivity index (χ2n) is 6.46. The lowest BCUT2D eigenvalue weighted by Crippen LogP contribution is -2.52. The number of carbonyl (C=O) groups is 2. The summed E-state index contributed by atoms with van der Waals surface area (Å²) in [5, 5.41) is 13.9. The third kappa shape index (κ3) is 3.44. The van der Waals surface area contributed by atoms with Gasteiger partial charge in [-0.3, -0.25) is 9.59 Å². The standard InChI is InChI=1S/C20H19N5O3/c26-17-7-2-4-14-15(17)5-1-6-16(14)23-18(27)19(28)24-10-12-25(13-11-24)20-21-8-3-9-22-20/h1-9,26H,10-13H2,(H,23,27). The lowest BCUT2D eigenvalue weighted by molar-refractivity contribution is -0.143. The first kappa shape index (κ1) is 17.7. The van der Waals surface area contributed by atoms with Crippen LogP contribution in [-0.2, 0) is 9.59 Å². The van der Waals surface area contributed by atoms with Gasteiger partial charge in [0.25, 0.3) is 0 Å². The van der Waals surface area contributed by atoms with Crippen molar-refractivity contribution < 1.29 is 14.7 Å². The molecule has 142 valence electrons. The Morgan fingerprint density at radius 3 is 2.32 bits per heavy atom. The quantitative estimate of drug-likeness (QED) is 0.659. The molecule has 1 fully saturated rings. The van der Waals surface area contributed by atoms with Gasteiger partial charge in [-0.25, -0.2) is 9.97 Å². The number of phenols is 1. The van der Waals surface area contributed by atoms with Gasteiger partial charge in [0.1, 0.15) is 5.75 Å². The van der Waals surface area contributed by atoms with E-state index in [4.69, 9.17) is 0 Å². The molecular weight excluding hydrogens is 358 g/mol. The molecule has 2 aromatic carbocycles. The molecule has 3 aromatic rings. The van der Waals surface area contributed by atoms with Gasteiger partial charge in [0.2, 0.25) is 5.95 Å². The van der Waals surface area contributed by atoms with E-state index >= 15 is 0 Å². The summed E-state index contributed by atoms with van der Waals surface area (Å²) in [4.78, 5) is 37.0. The molecule has 0 radical (unpaired) electrons. The number of carbonyl (C=O) groups excluding carboxylic acids is 2. The molecule has 0 atom stereocenters. The van der Waals surface area contributed by atoms with Crippen LogP contribution in [-0.4, -0.2) is 58.0 Å². The number of rotatable bonds is 2. The second kappa shape index (κ2) is 7.51. The SMILES string of the molecule is O=C(Nc1cccc2c(O)cccc12)C(=O)N1CCN(c2ncccn2)CC1. The molecule has 0 aliphatic carbocycles. The van der Waals surface area contributed by atoms with Gasteiger partial charge in [-0.2, -0.15) is 0 Å². The van der Waals surface area contributed by atoms with Crippen molar-refractivity contribution in [2.75, 3.05) is 36.4 Å². The van der Waals surface area contributed by atoms with Crippen molar-refractivity contribution in [3.05, 3.63) is 54.9 Å². The highest BCUT2D eigenvalue weighted by Crippen LogP contribution is 2.29. The number of nitrogens with one attached hydrogen (secondary N) is 1. The van der Waals surface area contributed by atoms with Crippen LogP contribution in [0.15, 0.2) is 54.9 Å². The molecule has 28 heavy (non-hydrogen) atoms. The molecule has 0 unspecified atom stereocenters. The molecule has 2 amide bonds. The molecule has 2 heterocycles. The Hall–Kier alpha value is -3.68. The molecule has 0 bridgehead atoms. The number of nitrogens with zero attached hydrogens (tertiary/aromatic N) is 4. The molecule has 8 nitrogen and oxygen atoms in total. The minimum absolute atomic E-state index is 0.124. The Morgan fingerprint density at radius 1 is 0.893 bits per heavy atom. The van der Waals surface area contributed by atoms with Crippen molar-refractivity contribution in [3.8, 4) is 5.75 Å². The summed E-state index contributed by atoms with van der Waals surface area (Å²) >= 11 is 0. The van der Waals surface area contributed by atoms with Gasteiger partial charge in [0, 0.05) is 55.0 Å². The van der Waals surface area contributed by atoms with Gasteiger partial charge in [-0.05, 0) is 18.2 Å². The van der Waals surface area contributed by atoms with Gasteiger partial charge in [0.05, 0.1) is 0 Å². The van der Waals surface area contributed by atoms with Gasteiger partial charge < -0.3 is 20.2 Å². The lowest BCUT2D eigenvalue weighted by Gasteiger charge is -2.34. The predicted octanol–water partition coefficient (Wildman–Crippen LogP) is 1.62. The van der Waals surface area contributed by atoms with E-state index in [0.29, 0.717) is 48.6 Å². The number of aromatic hydroxyl groups is 1. The van der Waals surface area contributed by atoms with Crippen molar-refractivity contribution in [2.45, 2.75) is 0 Å². The summed E-state index contributed by atoms with van der Waals surface area (Å²) in [6, 6.07) is 12.0. The fourth-order valence-corrected chi connectivity index (χ4v) is 3.29. The first-order chi connectivity index (χ1) is 13.6. The Morgan fingerprint density at radius 2 is 1.57 bits per heavy atom. The summed E-state index contributed by atoms with van der Waals surface area (Å²) in [6.45, 7) is 1.96. The highest BCUT2D eigenvalue weighted by molar-refractivity contribution is 6.40. The molecule has 8 heteroatoms. The summed E-state index contributed by atoms with van der Waals surface area (Å²) in [5.41, 5.74) is 0.489. The minimum Gasteiger partial charge on any atom is -0.507 e. The molecular formula is C20H19N5O3. The van der Waals surface area contributed by atoms with E-state index in [1.54, 1.807) is 54.9 Å². The number of hydrogen-bond acceptors (Lipinski definition) is 6. The van der Waals surface area contributed by atoms with E-state index in [0.717, 1.165) is 0 Å². The second-order valence-corrected chi connectivity index (χ2v) is 6.46. The van der Waals surface area contributed by atoms with Gasteiger partial charge in [-0.1, -0.05) is 24.3 Å². The molecule has 4 rings (SSSR count). The third-order valence-corrected chi connectivity index (χ3v) is 4.74. The van der Waals surface area contributed by atoms with Crippen molar-refractivity contribution in [3.63, 3.8) is 0 Å². The van der Waals surface area contributed by atoms with Crippen molar-refractivity contribution in [1.29, 1.82) is 0 Å². The third-order valence-electron chi connectivity index (χ3n) is 4.74. The van der Waals surface area contributed by atoms with Crippen LogP contribution >= 0.6 is 0 Å². The molecule has 1 aromatic heterocycles. The van der Waals surface area contributed by atoms with Crippen LogP contribution in [0.1, 0.15) is 0 Å². The number of amides is 2. The van der Waals surface area contributed by atoms with Crippen LogP contribution in [0, 0.1) is 0 Å². The first-order valence-corrected chi connectivity index (χ1v) is 8.96. The van der Waals surface area contributed by atoms with Gasteiger partial charge >= 0.3 is 11.8 Å². The van der Waals surface area contributed by atoms with Crippen molar-refractivity contribution in [1.82, 2.24) is 14.9 Å². The monoisotopic (exact) mass is 377 g/mol. The fraction of sp³-hybridized carbons (Fsp3) is 0.200. The molecule has 1 saturated heterocycles. The fourth-order valence-electron chi connectivity index (χ4n) is 3.29.